The first-order valence-electron chi connectivity index (χ1n) is 6.19. The van der Waals surface area contributed by atoms with E-state index in [4.69, 9.17) is 0 Å². The van der Waals surface area contributed by atoms with Crippen LogP contribution < -0.4 is 10.2 Å². The minimum Gasteiger partial charge on any atom is -0.380 e. The highest BCUT2D eigenvalue weighted by atomic mass is 79.9. The van der Waals surface area contributed by atoms with Gasteiger partial charge in [-0.2, -0.15) is 0 Å². The van der Waals surface area contributed by atoms with Gasteiger partial charge in [0.15, 0.2) is 0 Å². The van der Waals surface area contributed by atoms with Crippen LogP contribution in [0.1, 0.15) is 11.3 Å². The smallest absolute Gasteiger partial charge is 0.106 e. The van der Waals surface area contributed by atoms with Crippen LogP contribution in [0.5, 0.6) is 0 Å². The molecule has 1 aromatic heterocycles. The number of rotatable bonds is 4. The van der Waals surface area contributed by atoms with Crippen molar-refractivity contribution in [2.75, 3.05) is 24.3 Å². The van der Waals surface area contributed by atoms with Gasteiger partial charge in [0.1, 0.15) is 4.60 Å². The van der Waals surface area contributed by atoms with Crippen molar-refractivity contribution in [3.05, 3.63) is 52.3 Å². The Kier molecular flexibility index (Phi) is 4.43. The van der Waals surface area contributed by atoms with Gasteiger partial charge in [-0.25, -0.2) is 4.98 Å². The van der Waals surface area contributed by atoms with Gasteiger partial charge in [-0.15, -0.1) is 0 Å². The van der Waals surface area contributed by atoms with Crippen LogP contribution in [0.4, 0.5) is 11.4 Å². The summed E-state index contributed by atoms with van der Waals surface area (Å²) in [5.74, 6) is 0. The minimum atomic E-state index is 0.803. The molecule has 0 fully saturated rings. The quantitative estimate of drug-likeness (QED) is 0.868. The van der Waals surface area contributed by atoms with Gasteiger partial charge in [0, 0.05) is 26.3 Å². The molecule has 1 heterocycles. The third-order valence-corrected chi connectivity index (χ3v) is 3.43. The summed E-state index contributed by atoms with van der Waals surface area (Å²) in [7, 11) is 4.09. The second kappa shape index (κ2) is 6.06. The molecule has 0 saturated carbocycles. The number of pyridine rings is 1. The maximum Gasteiger partial charge on any atom is 0.106 e. The van der Waals surface area contributed by atoms with Crippen LogP contribution in [0.15, 0.2) is 41.0 Å². The second-order valence-corrected chi connectivity index (χ2v) is 5.49. The summed E-state index contributed by atoms with van der Waals surface area (Å²) in [4.78, 5) is 6.47. The molecule has 0 aliphatic carbocycles. The van der Waals surface area contributed by atoms with Crippen LogP contribution in [0.3, 0.4) is 0 Å². The Morgan fingerprint density at radius 1 is 1.11 bits per heavy atom. The molecule has 1 N–H and O–H groups in total. The van der Waals surface area contributed by atoms with Gasteiger partial charge < -0.3 is 10.2 Å². The molecular weight excluding hydrogens is 302 g/mol. The molecule has 3 nitrogen and oxygen atoms in total. The Morgan fingerprint density at radius 3 is 2.37 bits per heavy atom. The molecule has 1 aromatic carbocycles. The number of hydrogen-bond acceptors (Lipinski definition) is 3. The first kappa shape index (κ1) is 13.9. The van der Waals surface area contributed by atoms with E-state index in [1.54, 1.807) is 0 Å². The molecule has 2 aromatic rings. The molecule has 0 aliphatic heterocycles. The monoisotopic (exact) mass is 319 g/mol. The van der Waals surface area contributed by atoms with Gasteiger partial charge in [-0.3, -0.25) is 0 Å². The van der Waals surface area contributed by atoms with Crippen LogP contribution in [0, 0.1) is 6.92 Å². The Morgan fingerprint density at radius 2 is 1.79 bits per heavy atom. The summed E-state index contributed by atoms with van der Waals surface area (Å²) in [6.45, 7) is 2.81. The zero-order chi connectivity index (χ0) is 13.8. The maximum atomic E-state index is 4.37. The third-order valence-electron chi connectivity index (χ3n) is 2.99. The third kappa shape index (κ3) is 3.70. The van der Waals surface area contributed by atoms with Crippen molar-refractivity contribution in [3.8, 4) is 0 Å². The molecule has 0 aliphatic rings. The van der Waals surface area contributed by atoms with Gasteiger partial charge >= 0.3 is 0 Å². The van der Waals surface area contributed by atoms with Crippen molar-refractivity contribution in [2.45, 2.75) is 13.5 Å². The van der Waals surface area contributed by atoms with Crippen molar-refractivity contribution < 1.29 is 0 Å². The van der Waals surface area contributed by atoms with E-state index in [0.717, 1.165) is 22.5 Å². The van der Waals surface area contributed by atoms with E-state index in [0.29, 0.717) is 0 Å². The Bertz CT molecular complexity index is 550. The number of aryl methyl sites for hydroxylation is 1. The number of hydrogen-bond donors (Lipinski definition) is 1. The highest BCUT2D eigenvalue weighted by Gasteiger charge is 2.01. The summed E-state index contributed by atoms with van der Waals surface area (Å²) in [6, 6.07) is 12.5. The zero-order valence-electron chi connectivity index (χ0n) is 11.4. The van der Waals surface area contributed by atoms with E-state index in [1.165, 1.54) is 11.3 Å². The van der Waals surface area contributed by atoms with Crippen LogP contribution in [0.25, 0.3) is 0 Å². The van der Waals surface area contributed by atoms with E-state index in [-0.39, 0.29) is 0 Å². The molecule has 0 spiro atoms. The Hall–Kier alpha value is -1.55. The van der Waals surface area contributed by atoms with E-state index in [2.05, 4.69) is 55.4 Å². The molecule has 0 radical (unpaired) electrons. The fourth-order valence-electron chi connectivity index (χ4n) is 1.83. The summed E-state index contributed by atoms with van der Waals surface area (Å²) in [5.41, 5.74) is 4.54. The number of halogens is 1. The van der Waals surface area contributed by atoms with E-state index < -0.39 is 0 Å². The van der Waals surface area contributed by atoms with Crippen LogP contribution in [-0.4, -0.2) is 19.1 Å². The normalized spacial score (nSPS) is 10.3. The highest BCUT2D eigenvalue weighted by Crippen LogP contribution is 2.18. The largest absolute Gasteiger partial charge is 0.380 e. The fourth-order valence-corrected chi connectivity index (χ4v) is 2.22. The minimum absolute atomic E-state index is 0.803. The summed E-state index contributed by atoms with van der Waals surface area (Å²) >= 11 is 3.37. The lowest BCUT2D eigenvalue weighted by atomic mass is 10.2. The van der Waals surface area contributed by atoms with Crippen LogP contribution in [0.2, 0.25) is 0 Å². The average molecular weight is 320 g/mol. The lowest BCUT2D eigenvalue weighted by Gasteiger charge is -2.13. The number of nitrogens with zero attached hydrogens (tertiary/aromatic N) is 2. The number of anilines is 2. The van der Waals surface area contributed by atoms with E-state index in [1.807, 2.05) is 33.2 Å². The topological polar surface area (TPSA) is 28.2 Å². The zero-order valence-corrected chi connectivity index (χ0v) is 13.0. The van der Waals surface area contributed by atoms with Gasteiger partial charge in [0.2, 0.25) is 0 Å². The van der Waals surface area contributed by atoms with Gasteiger partial charge in [0.25, 0.3) is 0 Å². The number of aromatic nitrogens is 1. The predicted octanol–water partition coefficient (Wildman–Crippen LogP) is 3.83. The molecule has 0 atom stereocenters. The SMILES string of the molecule is Cc1nc(Br)ccc1NCc1ccc(N(C)C)cc1. The molecule has 2 rings (SSSR count). The number of nitrogens with one attached hydrogen (secondary N) is 1. The lowest BCUT2D eigenvalue weighted by molar-refractivity contribution is 1.09. The lowest BCUT2D eigenvalue weighted by Crippen LogP contribution is -2.08. The molecule has 4 heteroatoms. The van der Waals surface area contributed by atoms with Crippen LogP contribution in [-0.2, 0) is 6.54 Å². The van der Waals surface area contributed by atoms with Crippen molar-refractivity contribution >= 4 is 27.3 Å². The highest BCUT2D eigenvalue weighted by molar-refractivity contribution is 9.10. The van der Waals surface area contributed by atoms with E-state index in [9.17, 15) is 0 Å². The molecule has 100 valence electrons. The molecule has 0 bridgehead atoms. The van der Waals surface area contributed by atoms with Gasteiger partial charge in [-0.1, -0.05) is 12.1 Å². The predicted molar refractivity (Wildman–Crippen MR) is 84.8 cm³/mol. The van der Waals surface area contributed by atoms with Gasteiger partial charge in [-0.05, 0) is 52.7 Å². The van der Waals surface area contributed by atoms with Crippen molar-refractivity contribution in [3.63, 3.8) is 0 Å². The Labute approximate surface area is 122 Å². The Balaban J connectivity index is 2.02. The van der Waals surface area contributed by atoms with E-state index >= 15 is 0 Å². The summed E-state index contributed by atoms with van der Waals surface area (Å²) in [5, 5.41) is 3.41. The van der Waals surface area contributed by atoms with Crippen LogP contribution >= 0.6 is 15.9 Å². The first-order valence-corrected chi connectivity index (χ1v) is 6.99. The molecule has 19 heavy (non-hydrogen) atoms. The average Bonchev–Trinajstić information content (AvgIpc) is 2.38. The van der Waals surface area contributed by atoms with Crippen molar-refractivity contribution in [1.82, 2.24) is 4.98 Å². The van der Waals surface area contributed by atoms with Crippen molar-refractivity contribution in [1.29, 1.82) is 0 Å². The summed E-state index contributed by atoms with van der Waals surface area (Å²) in [6.07, 6.45) is 0. The number of benzene rings is 1. The summed E-state index contributed by atoms with van der Waals surface area (Å²) < 4.78 is 0.867. The second-order valence-electron chi connectivity index (χ2n) is 4.68. The van der Waals surface area contributed by atoms with Crippen molar-refractivity contribution in [2.24, 2.45) is 0 Å². The molecule has 0 saturated heterocycles. The fraction of sp³-hybridized carbons (Fsp3) is 0.267. The molecular formula is C15H18BrN3. The standard InChI is InChI=1S/C15H18BrN3/c1-11-14(8-9-15(16)18-11)17-10-12-4-6-13(7-5-12)19(2)3/h4-9,17H,10H2,1-3H3. The first-order chi connectivity index (χ1) is 9.06. The maximum absolute atomic E-state index is 4.37. The molecule has 0 amide bonds. The van der Waals surface area contributed by atoms with Gasteiger partial charge in [0.05, 0.1) is 11.4 Å². The molecule has 0 unspecified atom stereocenters.